The zero-order valence-electron chi connectivity index (χ0n) is 8.59. The average molecular weight is 218 g/mol. The molecule has 0 spiro atoms. The van der Waals surface area contributed by atoms with Crippen LogP contribution in [0.1, 0.15) is 44.4 Å². The molecule has 5 heteroatoms. The van der Waals surface area contributed by atoms with Crippen molar-refractivity contribution in [2.45, 2.75) is 38.5 Å². The van der Waals surface area contributed by atoms with Gasteiger partial charge in [0.15, 0.2) is 0 Å². The molecular weight excluding hydrogens is 202 g/mol. The number of nitrogens with one attached hydrogen (secondary N) is 1. The third-order valence-corrected chi connectivity index (χ3v) is 2.02. The highest BCUT2D eigenvalue weighted by Crippen LogP contribution is 2.18. The van der Waals surface area contributed by atoms with Crippen molar-refractivity contribution in [2.24, 2.45) is 0 Å². The molecule has 0 fully saturated rings. The Morgan fingerprint density at radius 2 is 2.21 bits per heavy atom. The lowest BCUT2D eigenvalue weighted by Gasteiger charge is -1.99. The normalized spacial score (nSPS) is 12.8. The van der Waals surface area contributed by atoms with Crippen molar-refractivity contribution in [2.75, 3.05) is 11.9 Å². The molecule has 0 bridgehead atoms. The smallest absolute Gasteiger partial charge is 0.315 e. The molecule has 1 rings (SSSR count). The fourth-order valence-electron chi connectivity index (χ4n) is 1.04. The number of halogens is 1. The minimum Gasteiger partial charge on any atom is -0.407 e. The topological polar surface area (TPSA) is 51.0 Å². The number of aromatic nitrogens is 2. The van der Waals surface area contributed by atoms with Gasteiger partial charge in [0.05, 0.1) is 0 Å². The van der Waals surface area contributed by atoms with E-state index in [1.165, 1.54) is 12.8 Å². The summed E-state index contributed by atoms with van der Waals surface area (Å²) in [4.78, 5) is 0. The van der Waals surface area contributed by atoms with E-state index >= 15 is 0 Å². The number of alkyl halides is 1. The molecule has 0 saturated heterocycles. The van der Waals surface area contributed by atoms with Gasteiger partial charge in [-0.2, -0.15) is 0 Å². The monoisotopic (exact) mass is 217 g/mol. The molecule has 0 aliphatic carbocycles. The van der Waals surface area contributed by atoms with Crippen LogP contribution < -0.4 is 5.32 Å². The van der Waals surface area contributed by atoms with E-state index in [1.54, 1.807) is 6.92 Å². The molecule has 1 atom stereocenters. The standard InChI is InChI=1S/C9H16ClN3O/c1-3-4-5-6-11-9-13-12-8(14-9)7(2)10/h7H,3-6H2,1-2H3,(H,11,13). The lowest BCUT2D eigenvalue weighted by molar-refractivity contribution is 0.505. The van der Waals surface area contributed by atoms with Gasteiger partial charge in [0, 0.05) is 6.54 Å². The highest BCUT2D eigenvalue weighted by Gasteiger charge is 2.09. The Kier molecular flexibility index (Phi) is 4.73. The second-order valence-corrected chi connectivity index (χ2v) is 3.85. The Hall–Kier alpha value is -0.770. The zero-order chi connectivity index (χ0) is 10.4. The van der Waals surface area contributed by atoms with Gasteiger partial charge >= 0.3 is 6.01 Å². The highest BCUT2D eigenvalue weighted by molar-refractivity contribution is 6.20. The van der Waals surface area contributed by atoms with E-state index in [1.807, 2.05) is 0 Å². The summed E-state index contributed by atoms with van der Waals surface area (Å²) in [5.74, 6) is 0.463. The summed E-state index contributed by atoms with van der Waals surface area (Å²) in [6, 6.07) is 0.462. The Morgan fingerprint density at radius 1 is 1.43 bits per heavy atom. The minimum atomic E-state index is -0.228. The number of anilines is 1. The Labute approximate surface area is 89.0 Å². The predicted molar refractivity (Wildman–Crippen MR) is 56.6 cm³/mol. The van der Waals surface area contributed by atoms with Gasteiger partial charge in [-0.15, -0.1) is 16.7 Å². The SMILES string of the molecule is CCCCCNc1nnc(C(C)Cl)o1. The second-order valence-electron chi connectivity index (χ2n) is 3.20. The molecule has 0 saturated carbocycles. The molecule has 1 aromatic heterocycles. The largest absolute Gasteiger partial charge is 0.407 e. The fraction of sp³-hybridized carbons (Fsp3) is 0.778. The number of unbranched alkanes of at least 4 members (excludes halogenated alkanes) is 2. The molecule has 4 nitrogen and oxygen atoms in total. The molecular formula is C9H16ClN3O. The van der Waals surface area contributed by atoms with Crippen molar-refractivity contribution in [3.05, 3.63) is 5.89 Å². The van der Waals surface area contributed by atoms with Crippen LogP contribution >= 0.6 is 11.6 Å². The van der Waals surface area contributed by atoms with E-state index in [-0.39, 0.29) is 5.38 Å². The summed E-state index contributed by atoms with van der Waals surface area (Å²) < 4.78 is 5.26. The molecule has 0 amide bonds. The van der Waals surface area contributed by atoms with E-state index in [4.69, 9.17) is 16.0 Å². The van der Waals surface area contributed by atoms with Crippen LogP contribution in [0.3, 0.4) is 0 Å². The third kappa shape index (κ3) is 3.54. The Bertz CT molecular complexity index is 262. The average Bonchev–Trinajstić information content (AvgIpc) is 2.61. The van der Waals surface area contributed by atoms with Crippen LogP contribution in [-0.2, 0) is 0 Å². The van der Waals surface area contributed by atoms with Crippen LogP contribution in [0.15, 0.2) is 4.42 Å². The maximum Gasteiger partial charge on any atom is 0.315 e. The van der Waals surface area contributed by atoms with Crippen LogP contribution in [-0.4, -0.2) is 16.7 Å². The van der Waals surface area contributed by atoms with E-state index in [9.17, 15) is 0 Å². The van der Waals surface area contributed by atoms with Crippen molar-refractivity contribution in [1.29, 1.82) is 0 Å². The molecule has 14 heavy (non-hydrogen) atoms. The fourth-order valence-corrected chi connectivity index (χ4v) is 1.13. The minimum absolute atomic E-state index is 0.228. The molecule has 0 aliphatic heterocycles. The maximum absolute atomic E-state index is 5.78. The van der Waals surface area contributed by atoms with E-state index < -0.39 is 0 Å². The Morgan fingerprint density at radius 3 is 2.79 bits per heavy atom. The molecule has 0 aliphatic rings. The molecule has 0 aromatic carbocycles. The third-order valence-electron chi connectivity index (χ3n) is 1.84. The van der Waals surface area contributed by atoms with Crippen molar-refractivity contribution in [1.82, 2.24) is 10.2 Å². The van der Waals surface area contributed by atoms with Crippen molar-refractivity contribution in [3.63, 3.8) is 0 Å². The number of nitrogens with zero attached hydrogens (tertiary/aromatic N) is 2. The van der Waals surface area contributed by atoms with Gasteiger partial charge in [-0.05, 0) is 13.3 Å². The first-order valence-corrected chi connectivity index (χ1v) is 5.39. The van der Waals surface area contributed by atoms with Crippen LogP contribution in [0.25, 0.3) is 0 Å². The summed E-state index contributed by atoms with van der Waals surface area (Å²) in [7, 11) is 0. The van der Waals surface area contributed by atoms with Crippen LogP contribution in [0.4, 0.5) is 6.01 Å². The number of hydrogen-bond acceptors (Lipinski definition) is 4. The van der Waals surface area contributed by atoms with Crippen molar-refractivity contribution >= 4 is 17.6 Å². The van der Waals surface area contributed by atoms with Crippen LogP contribution in [0, 0.1) is 0 Å². The summed E-state index contributed by atoms with van der Waals surface area (Å²) in [6.45, 7) is 4.84. The van der Waals surface area contributed by atoms with Crippen LogP contribution in [0.5, 0.6) is 0 Å². The van der Waals surface area contributed by atoms with Gasteiger partial charge in [0.25, 0.3) is 0 Å². The first-order valence-electron chi connectivity index (χ1n) is 4.95. The summed E-state index contributed by atoms with van der Waals surface area (Å²) in [6.07, 6.45) is 3.53. The second kappa shape index (κ2) is 5.86. The first kappa shape index (κ1) is 11.3. The lowest BCUT2D eigenvalue weighted by atomic mass is 10.2. The van der Waals surface area contributed by atoms with Crippen LogP contribution in [0.2, 0.25) is 0 Å². The number of hydrogen-bond donors (Lipinski definition) is 1. The molecule has 1 aromatic rings. The first-order chi connectivity index (χ1) is 6.74. The van der Waals surface area contributed by atoms with Crippen molar-refractivity contribution < 1.29 is 4.42 Å². The number of rotatable bonds is 6. The highest BCUT2D eigenvalue weighted by atomic mass is 35.5. The molecule has 0 radical (unpaired) electrons. The molecule has 1 N–H and O–H groups in total. The van der Waals surface area contributed by atoms with Crippen molar-refractivity contribution in [3.8, 4) is 0 Å². The summed E-state index contributed by atoms with van der Waals surface area (Å²) in [5.41, 5.74) is 0. The van der Waals surface area contributed by atoms with Gasteiger partial charge in [-0.3, -0.25) is 0 Å². The van der Waals surface area contributed by atoms with E-state index in [0.717, 1.165) is 13.0 Å². The van der Waals surface area contributed by atoms with Gasteiger partial charge < -0.3 is 9.73 Å². The van der Waals surface area contributed by atoms with E-state index in [0.29, 0.717) is 11.9 Å². The maximum atomic E-state index is 5.78. The molecule has 1 unspecified atom stereocenters. The lowest BCUT2D eigenvalue weighted by Crippen LogP contribution is -2.01. The summed E-state index contributed by atoms with van der Waals surface area (Å²) in [5, 5.41) is 10.5. The van der Waals surface area contributed by atoms with Gasteiger partial charge in [-0.25, -0.2) is 0 Å². The quantitative estimate of drug-likeness (QED) is 0.588. The van der Waals surface area contributed by atoms with Gasteiger partial charge in [0.1, 0.15) is 5.38 Å². The Balaban J connectivity index is 2.29. The van der Waals surface area contributed by atoms with Gasteiger partial charge in [0.2, 0.25) is 5.89 Å². The molecule has 80 valence electrons. The van der Waals surface area contributed by atoms with E-state index in [2.05, 4.69) is 22.4 Å². The summed E-state index contributed by atoms with van der Waals surface area (Å²) >= 11 is 5.78. The van der Waals surface area contributed by atoms with Gasteiger partial charge in [-0.1, -0.05) is 24.9 Å². The zero-order valence-corrected chi connectivity index (χ0v) is 9.34. The predicted octanol–water partition coefficient (Wildman–Crippen LogP) is 2.97. The molecule has 1 heterocycles.